The first-order valence-electron chi connectivity index (χ1n) is 8.87. The summed E-state index contributed by atoms with van der Waals surface area (Å²) < 4.78 is 0. The summed E-state index contributed by atoms with van der Waals surface area (Å²) in [4.78, 5) is 40.8. The second-order valence-electron chi connectivity index (χ2n) is 7.18. The van der Waals surface area contributed by atoms with E-state index in [4.69, 9.17) is 0 Å². The van der Waals surface area contributed by atoms with Gasteiger partial charge < -0.3 is 4.90 Å². The van der Waals surface area contributed by atoms with Crippen LogP contribution in [0.15, 0.2) is 18.2 Å². The molecule has 5 nitrogen and oxygen atoms in total. The Hall–Kier alpha value is -2.17. The molecule has 4 rings (SSSR count). The lowest BCUT2D eigenvalue weighted by Gasteiger charge is -2.31. The molecule has 0 aromatic heterocycles. The van der Waals surface area contributed by atoms with Gasteiger partial charge in [-0.3, -0.25) is 19.3 Å². The minimum Gasteiger partial charge on any atom is -0.339 e. The fraction of sp³-hybridized carbons (Fsp3) is 0.526. The third kappa shape index (κ3) is 2.43. The highest BCUT2D eigenvalue weighted by molar-refractivity contribution is 6.22. The molecule has 24 heavy (non-hydrogen) atoms. The predicted octanol–water partition coefficient (Wildman–Crippen LogP) is 2.85. The molecule has 2 aliphatic carbocycles. The number of hydrogen-bond acceptors (Lipinski definition) is 3. The molecular formula is C19H22N2O3. The monoisotopic (exact) mass is 326 g/mol. The van der Waals surface area contributed by atoms with Gasteiger partial charge in [0, 0.05) is 24.7 Å². The van der Waals surface area contributed by atoms with Crippen molar-refractivity contribution in [3.05, 3.63) is 34.9 Å². The lowest BCUT2D eigenvalue weighted by Crippen LogP contribution is -2.38. The number of carbonyl (C=O) groups excluding carboxylic acids is 3. The van der Waals surface area contributed by atoms with Gasteiger partial charge in [-0.25, -0.2) is 0 Å². The van der Waals surface area contributed by atoms with Crippen molar-refractivity contribution in [3.8, 4) is 0 Å². The van der Waals surface area contributed by atoms with E-state index in [1.165, 1.54) is 11.3 Å². The highest BCUT2D eigenvalue weighted by Crippen LogP contribution is 2.35. The number of nitrogens with zero attached hydrogens (tertiary/aromatic N) is 2. The number of fused-ring (bicyclic) bond motifs is 1. The van der Waals surface area contributed by atoms with Crippen molar-refractivity contribution >= 4 is 17.7 Å². The van der Waals surface area contributed by atoms with Crippen molar-refractivity contribution < 1.29 is 14.4 Å². The minimum absolute atomic E-state index is 0.0569. The Morgan fingerprint density at radius 1 is 1.00 bits per heavy atom. The average molecular weight is 326 g/mol. The van der Waals surface area contributed by atoms with Crippen LogP contribution in [0, 0.1) is 0 Å². The molecule has 126 valence electrons. The summed E-state index contributed by atoms with van der Waals surface area (Å²) in [6.45, 7) is 0. The summed E-state index contributed by atoms with van der Waals surface area (Å²) in [6.07, 6.45) is 7.43. The van der Waals surface area contributed by atoms with Gasteiger partial charge in [-0.05, 0) is 43.9 Å². The van der Waals surface area contributed by atoms with Gasteiger partial charge in [0.2, 0.25) is 0 Å². The Bertz CT molecular complexity index is 717. The Morgan fingerprint density at radius 3 is 2.33 bits per heavy atom. The second-order valence-corrected chi connectivity index (χ2v) is 7.18. The minimum atomic E-state index is -0.243. The van der Waals surface area contributed by atoms with Crippen LogP contribution in [0.25, 0.3) is 0 Å². The smallest absolute Gasteiger partial charge is 0.261 e. The first kappa shape index (κ1) is 15.4. The largest absolute Gasteiger partial charge is 0.339 e. The molecule has 0 N–H and O–H groups in total. The van der Waals surface area contributed by atoms with Crippen LogP contribution in [-0.4, -0.2) is 46.7 Å². The van der Waals surface area contributed by atoms with E-state index in [-0.39, 0.29) is 29.8 Å². The van der Waals surface area contributed by atoms with Crippen LogP contribution in [0.2, 0.25) is 0 Å². The van der Waals surface area contributed by atoms with E-state index in [2.05, 4.69) is 0 Å². The molecule has 1 heterocycles. The molecule has 0 spiro atoms. The number of imide groups is 1. The van der Waals surface area contributed by atoms with Crippen LogP contribution in [0.5, 0.6) is 0 Å². The summed E-state index contributed by atoms with van der Waals surface area (Å²) in [7, 11) is 1.84. The van der Waals surface area contributed by atoms with E-state index >= 15 is 0 Å². The number of hydrogen-bond donors (Lipinski definition) is 0. The molecule has 0 unspecified atom stereocenters. The molecule has 3 amide bonds. The van der Waals surface area contributed by atoms with E-state index in [0.29, 0.717) is 16.7 Å². The van der Waals surface area contributed by atoms with Gasteiger partial charge in [0.05, 0.1) is 11.1 Å². The van der Waals surface area contributed by atoms with Gasteiger partial charge >= 0.3 is 0 Å². The van der Waals surface area contributed by atoms with Crippen molar-refractivity contribution in [2.24, 2.45) is 0 Å². The Labute approximate surface area is 141 Å². The quantitative estimate of drug-likeness (QED) is 0.803. The molecule has 3 aliphatic rings. The van der Waals surface area contributed by atoms with Crippen molar-refractivity contribution in [2.75, 3.05) is 7.05 Å². The Kier molecular flexibility index (Phi) is 3.66. The highest BCUT2D eigenvalue weighted by Gasteiger charge is 2.44. The van der Waals surface area contributed by atoms with Gasteiger partial charge in [-0.2, -0.15) is 0 Å². The molecule has 1 aromatic rings. The lowest BCUT2D eigenvalue weighted by molar-refractivity contribution is 0.0641. The van der Waals surface area contributed by atoms with Gasteiger partial charge in [0.25, 0.3) is 17.7 Å². The van der Waals surface area contributed by atoms with Crippen LogP contribution in [-0.2, 0) is 0 Å². The standard InChI is InChI=1S/C19H22N2O3/c1-20(13-5-3-2-4-6-13)17(22)12-7-10-15-16(11-12)19(24)21(18(15)23)14-8-9-14/h7,10-11,13-14H,2-6,8-9H2,1H3. The summed E-state index contributed by atoms with van der Waals surface area (Å²) >= 11 is 0. The lowest BCUT2D eigenvalue weighted by atomic mass is 9.94. The highest BCUT2D eigenvalue weighted by atomic mass is 16.2. The maximum Gasteiger partial charge on any atom is 0.261 e. The SMILES string of the molecule is CN(C(=O)c1ccc2c(c1)C(=O)N(C1CC1)C2=O)C1CCCCC1. The zero-order valence-corrected chi connectivity index (χ0v) is 14.0. The zero-order chi connectivity index (χ0) is 16.8. The van der Waals surface area contributed by atoms with E-state index in [0.717, 1.165) is 38.5 Å². The van der Waals surface area contributed by atoms with Crippen molar-refractivity contribution in [1.82, 2.24) is 9.80 Å². The molecular weight excluding hydrogens is 304 g/mol. The van der Waals surface area contributed by atoms with Gasteiger partial charge in [0.1, 0.15) is 0 Å². The molecule has 5 heteroatoms. The fourth-order valence-electron chi connectivity index (χ4n) is 3.89. The van der Waals surface area contributed by atoms with Crippen molar-refractivity contribution in [3.63, 3.8) is 0 Å². The summed E-state index contributed by atoms with van der Waals surface area (Å²) in [5.41, 5.74) is 1.32. The maximum absolute atomic E-state index is 12.8. The molecule has 2 fully saturated rings. The number of carbonyl (C=O) groups is 3. The normalized spacial score (nSPS) is 21.1. The molecule has 0 saturated heterocycles. The molecule has 1 aromatic carbocycles. The van der Waals surface area contributed by atoms with Crippen molar-refractivity contribution in [2.45, 2.75) is 57.0 Å². The third-order valence-electron chi connectivity index (χ3n) is 5.52. The molecule has 0 bridgehead atoms. The van der Waals surface area contributed by atoms with E-state index in [1.54, 1.807) is 23.1 Å². The van der Waals surface area contributed by atoms with Crippen LogP contribution in [0.1, 0.15) is 76.0 Å². The Balaban J connectivity index is 1.58. The Morgan fingerprint density at radius 2 is 1.67 bits per heavy atom. The van der Waals surface area contributed by atoms with Crippen LogP contribution >= 0.6 is 0 Å². The first-order chi connectivity index (χ1) is 11.6. The maximum atomic E-state index is 12.8. The first-order valence-corrected chi connectivity index (χ1v) is 8.87. The molecule has 2 saturated carbocycles. The van der Waals surface area contributed by atoms with E-state index in [9.17, 15) is 14.4 Å². The zero-order valence-electron chi connectivity index (χ0n) is 14.0. The van der Waals surface area contributed by atoms with Gasteiger partial charge in [0.15, 0.2) is 0 Å². The molecule has 0 radical (unpaired) electrons. The fourth-order valence-corrected chi connectivity index (χ4v) is 3.89. The van der Waals surface area contributed by atoms with Crippen LogP contribution < -0.4 is 0 Å². The second kappa shape index (κ2) is 5.72. The van der Waals surface area contributed by atoms with E-state index < -0.39 is 0 Å². The average Bonchev–Trinajstić information content (AvgIpc) is 3.42. The summed E-state index contributed by atoms with van der Waals surface area (Å²) in [5.74, 6) is -0.514. The topological polar surface area (TPSA) is 57.7 Å². The van der Waals surface area contributed by atoms with Crippen LogP contribution in [0.3, 0.4) is 0 Å². The summed E-state index contributed by atoms with van der Waals surface area (Å²) in [6, 6.07) is 5.27. The van der Waals surface area contributed by atoms with Gasteiger partial charge in [-0.1, -0.05) is 19.3 Å². The third-order valence-corrected chi connectivity index (χ3v) is 5.52. The summed E-state index contributed by atoms with van der Waals surface area (Å²) in [5, 5.41) is 0. The molecule has 0 atom stereocenters. The number of benzene rings is 1. The number of rotatable bonds is 3. The predicted molar refractivity (Wildman–Crippen MR) is 88.9 cm³/mol. The van der Waals surface area contributed by atoms with Crippen molar-refractivity contribution in [1.29, 1.82) is 0 Å². The number of amides is 3. The van der Waals surface area contributed by atoms with Crippen LogP contribution in [0.4, 0.5) is 0 Å². The molecule has 1 aliphatic heterocycles. The van der Waals surface area contributed by atoms with Gasteiger partial charge in [-0.15, -0.1) is 0 Å². The van der Waals surface area contributed by atoms with E-state index in [1.807, 2.05) is 7.05 Å².